The summed E-state index contributed by atoms with van der Waals surface area (Å²) in [6, 6.07) is 12.5. The molecule has 1 heterocycles. The van der Waals surface area contributed by atoms with Crippen LogP contribution in [-0.2, 0) is 6.42 Å². The SMILES string of the molecule is CCNc1cc(NC(C)(C)CCc2ccccc2)ncn1. The molecule has 1 aromatic carbocycles. The third kappa shape index (κ3) is 5.06. The van der Waals surface area contributed by atoms with E-state index in [-0.39, 0.29) is 5.54 Å². The van der Waals surface area contributed by atoms with Gasteiger partial charge in [0.1, 0.15) is 18.0 Å². The monoisotopic (exact) mass is 284 g/mol. The maximum atomic E-state index is 4.30. The fraction of sp³-hybridized carbons (Fsp3) is 0.412. The molecule has 1 aromatic heterocycles. The van der Waals surface area contributed by atoms with Gasteiger partial charge in [0, 0.05) is 18.2 Å². The molecule has 4 heteroatoms. The van der Waals surface area contributed by atoms with Crippen LogP contribution < -0.4 is 10.6 Å². The molecule has 0 aliphatic heterocycles. The molecule has 0 saturated heterocycles. The Hall–Kier alpha value is -2.10. The van der Waals surface area contributed by atoms with E-state index in [0.717, 1.165) is 31.0 Å². The quantitative estimate of drug-likeness (QED) is 0.813. The van der Waals surface area contributed by atoms with Crippen molar-refractivity contribution in [2.24, 2.45) is 0 Å². The number of hydrogen-bond acceptors (Lipinski definition) is 4. The van der Waals surface area contributed by atoms with Crippen LogP contribution in [0.2, 0.25) is 0 Å². The van der Waals surface area contributed by atoms with Crippen molar-refractivity contribution >= 4 is 11.6 Å². The molecule has 0 aliphatic rings. The van der Waals surface area contributed by atoms with E-state index in [1.54, 1.807) is 6.33 Å². The van der Waals surface area contributed by atoms with Crippen LogP contribution in [0.1, 0.15) is 32.8 Å². The van der Waals surface area contributed by atoms with E-state index in [0.29, 0.717) is 0 Å². The Morgan fingerprint density at radius 3 is 2.48 bits per heavy atom. The van der Waals surface area contributed by atoms with E-state index in [4.69, 9.17) is 0 Å². The normalized spacial score (nSPS) is 11.2. The van der Waals surface area contributed by atoms with Crippen molar-refractivity contribution in [1.29, 1.82) is 0 Å². The molecule has 2 rings (SSSR count). The summed E-state index contributed by atoms with van der Waals surface area (Å²) in [7, 11) is 0. The van der Waals surface area contributed by atoms with Crippen LogP contribution >= 0.6 is 0 Å². The van der Waals surface area contributed by atoms with Crippen LogP contribution in [0.25, 0.3) is 0 Å². The van der Waals surface area contributed by atoms with Gasteiger partial charge in [0.2, 0.25) is 0 Å². The molecule has 0 amide bonds. The molecule has 0 saturated carbocycles. The molecular weight excluding hydrogens is 260 g/mol. The Kier molecular flexibility index (Phi) is 5.14. The highest BCUT2D eigenvalue weighted by atomic mass is 15.1. The first-order chi connectivity index (χ1) is 10.1. The van der Waals surface area contributed by atoms with Crippen molar-refractivity contribution < 1.29 is 0 Å². The fourth-order valence-electron chi connectivity index (χ4n) is 2.21. The zero-order chi connectivity index (χ0) is 15.1. The van der Waals surface area contributed by atoms with E-state index in [2.05, 4.69) is 71.7 Å². The van der Waals surface area contributed by atoms with Crippen LogP contribution in [0.3, 0.4) is 0 Å². The topological polar surface area (TPSA) is 49.8 Å². The van der Waals surface area contributed by atoms with Crippen molar-refractivity contribution in [3.05, 3.63) is 48.3 Å². The van der Waals surface area contributed by atoms with Crippen LogP contribution in [0.4, 0.5) is 11.6 Å². The maximum Gasteiger partial charge on any atom is 0.131 e. The van der Waals surface area contributed by atoms with E-state index < -0.39 is 0 Å². The Balaban J connectivity index is 1.95. The van der Waals surface area contributed by atoms with Gasteiger partial charge in [-0.25, -0.2) is 9.97 Å². The van der Waals surface area contributed by atoms with Crippen LogP contribution in [0.15, 0.2) is 42.7 Å². The Morgan fingerprint density at radius 1 is 1.05 bits per heavy atom. The summed E-state index contributed by atoms with van der Waals surface area (Å²) >= 11 is 0. The molecule has 2 N–H and O–H groups in total. The summed E-state index contributed by atoms with van der Waals surface area (Å²) in [6.07, 6.45) is 3.68. The van der Waals surface area contributed by atoms with Gasteiger partial charge >= 0.3 is 0 Å². The molecule has 4 nitrogen and oxygen atoms in total. The van der Waals surface area contributed by atoms with Crippen molar-refractivity contribution in [3.63, 3.8) is 0 Å². The number of aryl methyl sites for hydroxylation is 1. The van der Waals surface area contributed by atoms with E-state index in [1.165, 1.54) is 5.56 Å². The second-order valence-corrected chi connectivity index (χ2v) is 5.81. The lowest BCUT2D eigenvalue weighted by Crippen LogP contribution is -2.32. The number of nitrogens with zero attached hydrogens (tertiary/aromatic N) is 2. The number of rotatable bonds is 7. The smallest absolute Gasteiger partial charge is 0.131 e. The van der Waals surface area contributed by atoms with Crippen LogP contribution in [-0.4, -0.2) is 22.1 Å². The predicted molar refractivity (Wildman–Crippen MR) is 88.7 cm³/mol. The molecule has 0 spiro atoms. The largest absolute Gasteiger partial charge is 0.370 e. The lowest BCUT2D eigenvalue weighted by atomic mass is 9.95. The van der Waals surface area contributed by atoms with Crippen molar-refractivity contribution in [2.45, 2.75) is 39.2 Å². The molecule has 0 bridgehead atoms. The maximum absolute atomic E-state index is 4.30. The molecule has 0 unspecified atom stereocenters. The highest BCUT2D eigenvalue weighted by Crippen LogP contribution is 2.20. The zero-order valence-electron chi connectivity index (χ0n) is 13.1. The molecule has 0 fully saturated rings. The van der Waals surface area contributed by atoms with Crippen LogP contribution in [0, 0.1) is 0 Å². The first-order valence-corrected chi connectivity index (χ1v) is 7.47. The summed E-state index contributed by atoms with van der Waals surface area (Å²) in [5, 5.41) is 6.70. The molecule has 112 valence electrons. The third-order valence-corrected chi connectivity index (χ3v) is 3.37. The molecule has 0 aliphatic carbocycles. The predicted octanol–water partition coefficient (Wildman–Crippen LogP) is 3.73. The van der Waals surface area contributed by atoms with E-state index in [1.807, 2.05) is 6.07 Å². The summed E-state index contributed by atoms with van der Waals surface area (Å²) in [4.78, 5) is 8.49. The molecule has 21 heavy (non-hydrogen) atoms. The van der Waals surface area contributed by atoms with Gasteiger partial charge in [-0.05, 0) is 39.2 Å². The number of anilines is 2. The lowest BCUT2D eigenvalue weighted by Gasteiger charge is -2.27. The lowest BCUT2D eigenvalue weighted by molar-refractivity contribution is 0.516. The summed E-state index contributed by atoms with van der Waals surface area (Å²) in [5.41, 5.74) is 1.34. The highest BCUT2D eigenvalue weighted by molar-refractivity contribution is 5.47. The minimum absolute atomic E-state index is 0.0202. The summed E-state index contributed by atoms with van der Waals surface area (Å²) in [5.74, 6) is 1.72. The molecule has 0 radical (unpaired) electrons. The number of hydrogen-bond donors (Lipinski definition) is 2. The first kappa shape index (κ1) is 15.3. The average molecular weight is 284 g/mol. The standard InChI is InChI=1S/C17H24N4/c1-4-18-15-12-16(20-13-19-15)21-17(2,3)11-10-14-8-6-5-7-9-14/h5-9,12-13H,4,10-11H2,1-3H3,(H2,18,19,20,21). The minimum Gasteiger partial charge on any atom is -0.370 e. The Morgan fingerprint density at radius 2 is 1.76 bits per heavy atom. The van der Waals surface area contributed by atoms with Gasteiger partial charge in [0.15, 0.2) is 0 Å². The number of benzene rings is 1. The number of aromatic nitrogens is 2. The Labute approximate surface area is 127 Å². The highest BCUT2D eigenvalue weighted by Gasteiger charge is 2.18. The third-order valence-electron chi connectivity index (χ3n) is 3.37. The van der Waals surface area contributed by atoms with Gasteiger partial charge in [0.05, 0.1) is 0 Å². The summed E-state index contributed by atoms with van der Waals surface area (Å²) in [6.45, 7) is 7.31. The second kappa shape index (κ2) is 7.07. The van der Waals surface area contributed by atoms with Gasteiger partial charge in [-0.2, -0.15) is 0 Å². The second-order valence-electron chi connectivity index (χ2n) is 5.81. The van der Waals surface area contributed by atoms with E-state index >= 15 is 0 Å². The number of nitrogens with one attached hydrogen (secondary N) is 2. The van der Waals surface area contributed by atoms with Gasteiger partial charge in [0.25, 0.3) is 0 Å². The van der Waals surface area contributed by atoms with Crippen molar-refractivity contribution in [1.82, 2.24) is 9.97 Å². The average Bonchev–Trinajstić information content (AvgIpc) is 2.47. The van der Waals surface area contributed by atoms with Crippen molar-refractivity contribution in [2.75, 3.05) is 17.2 Å². The molecule has 0 atom stereocenters. The molecule has 2 aromatic rings. The van der Waals surface area contributed by atoms with Gasteiger partial charge in [-0.3, -0.25) is 0 Å². The van der Waals surface area contributed by atoms with Crippen LogP contribution in [0.5, 0.6) is 0 Å². The first-order valence-electron chi connectivity index (χ1n) is 7.47. The zero-order valence-corrected chi connectivity index (χ0v) is 13.1. The summed E-state index contributed by atoms with van der Waals surface area (Å²) < 4.78 is 0. The fourth-order valence-corrected chi connectivity index (χ4v) is 2.21. The van der Waals surface area contributed by atoms with E-state index in [9.17, 15) is 0 Å². The minimum atomic E-state index is -0.0202. The van der Waals surface area contributed by atoms with Gasteiger partial charge in [-0.15, -0.1) is 0 Å². The Bertz CT molecular complexity index is 552. The van der Waals surface area contributed by atoms with Gasteiger partial charge in [-0.1, -0.05) is 30.3 Å². The van der Waals surface area contributed by atoms with Gasteiger partial charge < -0.3 is 10.6 Å². The van der Waals surface area contributed by atoms with Crippen molar-refractivity contribution in [3.8, 4) is 0 Å². The molecular formula is C17H24N4.